The Labute approximate surface area is 118 Å². The monoisotopic (exact) mass is 265 g/mol. The van der Waals surface area contributed by atoms with Gasteiger partial charge in [0.05, 0.1) is 11.6 Å². The number of carbonyl (C=O) groups is 1. The molecule has 20 heavy (non-hydrogen) atoms. The average molecular weight is 265 g/mol. The van der Waals surface area contributed by atoms with Gasteiger partial charge in [-0.15, -0.1) is 0 Å². The fraction of sp³-hybridized carbons (Fsp3) is 0.176. The molecule has 3 heteroatoms. The molecule has 2 aromatic rings. The van der Waals surface area contributed by atoms with E-state index in [2.05, 4.69) is 6.07 Å². The van der Waals surface area contributed by atoms with E-state index in [0.29, 0.717) is 16.9 Å². The standard InChI is InChI=1S/C17H15NO2/c1-11-6-14(10-19)4-5-16(11)20-17-12(2)7-15(9-18)8-13(17)3/h4-8,10H,1-3H3. The van der Waals surface area contributed by atoms with Crippen LogP contribution in [-0.4, -0.2) is 6.29 Å². The van der Waals surface area contributed by atoms with Gasteiger partial charge in [-0.1, -0.05) is 0 Å². The number of rotatable bonds is 3. The third kappa shape index (κ3) is 2.70. The lowest BCUT2D eigenvalue weighted by Crippen LogP contribution is -1.95. The second kappa shape index (κ2) is 5.58. The molecule has 2 rings (SSSR count). The smallest absolute Gasteiger partial charge is 0.150 e. The lowest BCUT2D eigenvalue weighted by atomic mass is 10.1. The molecule has 0 N–H and O–H groups in total. The van der Waals surface area contributed by atoms with Gasteiger partial charge in [0.25, 0.3) is 0 Å². The number of nitrogens with zero attached hydrogens (tertiary/aromatic N) is 1. The number of nitriles is 1. The first kappa shape index (κ1) is 13.8. The Balaban J connectivity index is 2.40. The van der Waals surface area contributed by atoms with Crippen molar-refractivity contribution >= 4 is 6.29 Å². The molecular weight excluding hydrogens is 250 g/mol. The van der Waals surface area contributed by atoms with Crippen LogP contribution in [0.5, 0.6) is 11.5 Å². The Hall–Kier alpha value is -2.60. The van der Waals surface area contributed by atoms with Crippen molar-refractivity contribution in [2.24, 2.45) is 0 Å². The maximum Gasteiger partial charge on any atom is 0.150 e. The summed E-state index contributed by atoms with van der Waals surface area (Å²) < 4.78 is 5.94. The minimum absolute atomic E-state index is 0.625. The van der Waals surface area contributed by atoms with Gasteiger partial charge < -0.3 is 4.74 Å². The fourth-order valence-electron chi connectivity index (χ4n) is 2.15. The molecule has 0 saturated carbocycles. The van der Waals surface area contributed by atoms with Crippen LogP contribution in [0.25, 0.3) is 0 Å². The number of benzene rings is 2. The number of ether oxygens (including phenoxy) is 1. The van der Waals surface area contributed by atoms with Gasteiger partial charge in [-0.25, -0.2) is 0 Å². The van der Waals surface area contributed by atoms with Crippen molar-refractivity contribution < 1.29 is 9.53 Å². The molecular formula is C17H15NO2. The van der Waals surface area contributed by atoms with E-state index in [1.165, 1.54) is 0 Å². The van der Waals surface area contributed by atoms with Crippen molar-refractivity contribution in [3.05, 3.63) is 58.1 Å². The number of aryl methyl sites for hydroxylation is 3. The van der Waals surface area contributed by atoms with Crippen molar-refractivity contribution in [3.63, 3.8) is 0 Å². The van der Waals surface area contributed by atoms with E-state index in [4.69, 9.17) is 10.00 Å². The summed E-state index contributed by atoms with van der Waals surface area (Å²) in [6, 6.07) is 11.0. The Morgan fingerprint density at radius 2 is 1.70 bits per heavy atom. The second-order valence-electron chi connectivity index (χ2n) is 4.80. The third-order valence-electron chi connectivity index (χ3n) is 3.14. The molecule has 0 aromatic heterocycles. The number of hydrogen-bond acceptors (Lipinski definition) is 3. The first-order valence-corrected chi connectivity index (χ1v) is 6.30. The highest BCUT2D eigenvalue weighted by Gasteiger charge is 2.09. The highest BCUT2D eigenvalue weighted by atomic mass is 16.5. The highest BCUT2D eigenvalue weighted by molar-refractivity contribution is 5.75. The van der Waals surface area contributed by atoms with Gasteiger partial charge in [-0.3, -0.25) is 4.79 Å². The predicted molar refractivity (Wildman–Crippen MR) is 77.3 cm³/mol. The number of carbonyl (C=O) groups excluding carboxylic acids is 1. The molecule has 0 amide bonds. The highest BCUT2D eigenvalue weighted by Crippen LogP contribution is 2.31. The van der Waals surface area contributed by atoms with Gasteiger partial charge in [-0.2, -0.15) is 5.26 Å². The molecule has 0 atom stereocenters. The summed E-state index contributed by atoms with van der Waals surface area (Å²) in [6.45, 7) is 5.73. The number of hydrogen-bond donors (Lipinski definition) is 0. The van der Waals surface area contributed by atoms with Crippen LogP contribution in [0.1, 0.15) is 32.6 Å². The number of aldehydes is 1. The van der Waals surface area contributed by atoms with Crippen LogP contribution < -0.4 is 4.74 Å². The van der Waals surface area contributed by atoms with Gasteiger partial charge in [0.15, 0.2) is 0 Å². The molecule has 0 bridgehead atoms. The summed E-state index contributed by atoms with van der Waals surface area (Å²) in [5, 5.41) is 8.95. The summed E-state index contributed by atoms with van der Waals surface area (Å²) in [4.78, 5) is 10.7. The molecule has 0 aliphatic heterocycles. The molecule has 0 aliphatic rings. The summed E-state index contributed by atoms with van der Waals surface area (Å²) in [6.07, 6.45) is 0.814. The zero-order valence-corrected chi connectivity index (χ0v) is 11.7. The van der Waals surface area contributed by atoms with Crippen LogP contribution in [0, 0.1) is 32.1 Å². The molecule has 0 unspecified atom stereocenters. The zero-order chi connectivity index (χ0) is 14.7. The van der Waals surface area contributed by atoms with Gasteiger partial charge in [0, 0.05) is 5.56 Å². The average Bonchev–Trinajstić information content (AvgIpc) is 2.43. The summed E-state index contributed by atoms with van der Waals surface area (Å²) >= 11 is 0. The first-order valence-electron chi connectivity index (χ1n) is 6.30. The Morgan fingerprint density at radius 1 is 1.05 bits per heavy atom. The van der Waals surface area contributed by atoms with Crippen molar-refractivity contribution in [2.45, 2.75) is 20.8 Å². The van der Waals surface area contributed by atoms with Gasteiger partial charge in [0.2, 0.25) is 0 Å². The van der Waals surface area contributed by atoms with Crippen LogP contribution in [0.4, 0.5) is 0 Å². The van der Waals surface area contributed by atoms with Crippen LogP contribution in [-0.2, 0) is 0 Å². The molecule has 0 fully saturated rings. The van der Waals surface area contributed by atoms with Gasteiger partial charge in [-0.05, 0) is 67.8 Å². The molecule has 0 aliphatic carbocycles. The minimum atomic E-state index is 0.625. The van der Waals surface area contributed by atoms with Crippen molar-refractivity contribution in [2.75, 3.05) is 0 Å². The fourth-order valence-corrected chi connectivity index (χ4v) is 2.15. The molecule has 0 radical (unpaired) electrons. The van der Waals surface area contributed by atoms with Crippen molar-refractivity contribution in [3.8, 4) is 17.6 Å². The van der Waals surface area contributed by atoms with Crippen molar-refractivity contribution in [1.82, 2.24) is 0 Å². The lowest BCUT2D eigenvalue weighted by molar-refractivity contribution is 0.112. The molecule has 0 heterocycles. The third-order valence-corrected chi connectivity index (χ3v) is 3.14. The van der Waals surface area contributed by atoms with E-state index in [1.807, 2.05) is 20.8 Å². The summed E-state index contributed by atoms with van der Waals surface area (Å²) in [5.41, 5.74) is 3.99. The normalized spacial score (nSPS) is 9.90. The first-order chi connectivity index (χ1) is 9.55. The van der Waals surface area contributed by atoms with Crippen LogP contribution >= 0.6 is 0 Å². The maximum atomic E-state index is 10.7. The predicted octanol–water partition coefficient (Wildman–Crippen LogP) is 4.09. The van der Waals surface area contributed by atoms with E-state index < -0.39 is 0 Å². The lowest BCUT2D eigenvalue weighted by Gasteiger charge is -2.14. The van der Waals surface area contributed by atoms with Crippen LogP contribution in [0.15, 0.2) is 30.3 Å². The molecule has 3 nitrogen and oxygen atoms in total. The molecule has 100 valence electrons. The topological polar surface area (TPSA) is 50.1 Å². The van der Waals surface area contributed by atoms with E-state index in [1.54, 1.807) is 30.3 Å². The van der Waals surface area contributed by atoms with Crippen LogP contribution in [0.2, 0.25) is 0 Å². The zero-order valence-electron chi connectivity index (χ0n) is 11.7. The summed E-state index contributed by atoms with van der Waals surface area (Å²) in [5.74, 6) is 1.47. The Bertz CT molecular complexity index is 688. The SMILES string of the molecule is Cc1cc(C=O)ccc1Oc1c(C)cc(C#N)cc1C. The van der Waals surface area contributed by atoms with E-state index in [9.17, 15) is 4.79 Å². The second-order valence-corrected chi connectivity index (χ2v) is 4.80. The van der Waals surface area contributed by atoms with E-state index in [0.717, 1.165) is 28.7 Å². The van der Waals surface area contributed by atoms with Gasteiger partial charge in [0.1, 0.15) is 17.8 Å². The maximum absolute atomic E-state index is 10.7. The van der Waals surface area contributed by atoms with E-state index in [-0.39, 0.29) is 0 Å². The summed E-state index contributed by atoms with van der Waals surface area (Å²) in [7, 11) is 0. The molecule has 0 spiro atoms. The van der Waals surface area contributed by atoms with Gasteiger partial charge >= 0.3 is 0 Å². The Kier molecular flexibility index (Phi) is 3.86. The Morgan fingerprint density at radius 3 is 2.20 bits per heavy atom. The quantitative estimate of drug-likeness (QED) is 0.785. The van der Waals surface area contributed by atoms with Crippen molar-refractivity contribution in [1.29, 1.82) is 5.26 Å². The largest absolute Gasteiger partial charge is 0.457 e. The molecule has 2 aromatic carbocycles. The minimum Gasteiger partial charge on any atom is -0.457 e. The van der Waals surface area contributed by atoms with Crippen LogP contribution in [0.3, 0.4) is 0 Å². The van der Waals surface area contributed by atoms with E-state index >= 15 is 0 Å². The molecule has 0 saturated heterocycles.